The Morgan fingerprint density at radius 1 is 1.45 bits per heavy atom. The third-order valence-electron chi connectivity index (χ3n) is 5.29. The number of ether oxygens (including phenoxy) is 1. The largest absolute Gasteiger partial charge is 0.480 e. The van der Waals surface area contributed by atoms with Crippen molar-refractivity contribution in [3.05, 3.63) is 0 Å². The van der Waals surface area contributed by atoms with E-state index >= 15 is 0 Å². The molecule has 1 saturated heterocycles. The van der Waals surface area contributed by atoms with E-state index in [0.717, 1.165) is 0 Å². The number of carboxylic acids is 1. The van der Waals surface area contributed by atoms with Gasteiger partial charge < -0.3 is 20.5 Å². The summed E-state index contributed by atoms with van der Waals surface area (Å²) in [5, 5.41) is 9.44. The summed E-state index contributed by atoms with van der Waals surface area (Å²) in [4.78, 5) is 25.4. The number of amides is 1. The van der Waals surface area contributed by atoms with Gasteiger partial charge in [-0.25, -0.2) is 4.79 Å². The minimum absolute atomic E-state index is 0.000700. The van der Waals surface area contributed by atoms with Crippen molar-refractivity contribution < 1.29 is 19.4 Å². The zero-order valence-corrected chi connectivity index (χ0v) is 12.7. The maximum Gasteiger partial charge on any atom is 0.326 e. The average Bonchev–Trinajstić information content (AvgIpc) is 2.78. The molecule has 20 heavy (non-hydrogen) atoms. The summed E-state index contributed by atoms with van der Waals surface area (Å²) in [5.74, 6) is -1.00. The Bertz CT molecular complexity index is 446. The number of nitrogens with zero attached hydrogens (tertiary/aromatic N) is 1. The quantitative estimate of drug-likeness (QED) is 0.775. The van der Waals surface area contributed by atoms with E-state index in [2.05, 4.69) is 13.8 Å². The summed E-state index contributed by atoms with van der Waals surface area (Å²) in [5.41, 5.74) is 5.15. The van der Waals surface area contributed by atoms with Crippen LogP contribution in [0.25, 0.3) is 0 Å². The smallest absolute Gasteiger partial charge is 0.326 e. The normalized spacial score (nSPS) is 32.7. The Hall–Kier alpha value is -1.14. The first kappa shape index (κ1) is 15.3. The Balaban J connectivity index is 2.18. The van der Waals surface area contributed by atoms with Crippen molar-refractivity contribution >= 4 is 11.9 Å². The molecular formula is C14H24N2O4. The molecule has 0 radical (unpaired) electrons. The molecule has 1 heterocycles. The standard InChI is InChI=1S/C14H24N2O4/c1-13(2)7-6-16(9(8(7)13)12(18)19)11(17)10(15)14(3,4)20-5/h7-10H,6,15H2,1-5H3,(H,18,19)/t7-,8-,9-,10+/m0/s1. The van der Waals surface area contributed by atoms with Gasteiger partial charge in [-0.15, -0.1) is 0 Å². The molecule has 1 saturated carbocycles. The lowest BCUT2D eigenvalue weighted by atomic mass is 9.95. The fourth-order valence-electron chi connectivity index (χ4n) is 3.40. The van der Waals surface area contributed by atoms with E-state index in [-0.39, 0.29) is 23.2 Å². The summed E-state index contributed by atoms with van der Waals surface area (Å²) in [7, 11) is 1.49. The number of piperidine rings is 1. The number of methoxy groups -OCH3 is 1. The number of likely N-dealkylation sites (tertiary alicyclic amines) is 1. The fourth-order valence-corrected chi connectivity index (χ4v) is 3.40. The van der Waals surface area contributed by atoms with Crippen molar-refractivity contribution in [1.29, 1.82) is 0 Å². The molecule has 2 rings (SSSR count). The molecule has 6 nitrogen and oxygen atoms in total. The number of aliphatic carboxylic acids is 1. The Morgan fingerprint density at radius 3 is 2.45 bits per heavy atom. The zero-order chi connectivity index (χ0) is 15.5. The van der Waals surface area contributed by atoms with Gasteiger partial charge in [0.15, 0.2) is 0 Å². The fraction of sp³-hybridized carbons (Fsp3) is 0.857. The van der Waals surface area contributed by atoms with E-state index in [0.29, 0.717) is 6.54 Å². The van der Waals surface area contributed by atoms with Crippen molar-refractivity contribution in [2.75, 3.05) is 13.7 Å². The highest BCUT2D eigenvalue weighted by molar-refractivity contribution is 5.89. The van der Waals surface area contributed by atoms with Gasteiger partial charge in [-0.2, -0.15) is 0 Å². The lowest BCUT2D eigenvalue weighted by Crippen LogP contribution is -2.58. The van der Waals surface area contributed by atoms with Crippen LogP contribution < -0.4 is 5.73 Å². The van der Waals surface area contributed by atoms with Gasteiger partial charge in [-0.3, -0.25) is 4.79 Å². The maximum absolute atomic E-state index is 12.5. The number of carboxylic acid groups (broad SMARTS) is 1. The van der Waals surface area contributed by atoms with Gasteiger partial charge in [0, 0.05) is 19.6 Å². The molecular weight excluding hydrogens is 260 g/mol. The van der Waals surface area contributed by atoms with Gasteiger partial charge in [0.1, 0.15) is 12.1 Å². The van der Waals surface area contributed by atoms with Crippen LogP contribution in [0.15, 0.2) is 0 Å². The van der Waals surface area contributed by atoms with Crippen LogP contribution in [0, 0.1) is 17.3 Å². The van der Waals surface area contributed by atoms with Crippen LogP contribution in [0.2, 0.25) is 0 Å². The number of hydrogen-bond donors (Lipinski definition) is 2. The summed E-state index contributed by atoms with van der Waals surface area (Å²) < 4.78 is 5.23. The second-order valence-electron chi connectivity index (χ2n) is 7.01. The Kier molecular flexibility index (Phi) is 3.38. The summed E-state index contributed by atoms with van der Waals surface area (Å²) in [6.07, 6.45) is 0. The third-order valence-corrected chi connectivity index (χ3v) is 5.29. The van der Waals surface area contributed by atoms with Crippen LogP contribution in [0.1, 0.15) is 27.7 Å². The third kappa shape index (κ3) is 2.02. The van der Waals surface area contributed by atoms with Gasteiger partial charge in [0.05, 0.1) is 5.60 Å². The first-order valence-corrected chi connectivity index (χ1v) is 6.89. The second-order valence-corrected chi connectivity index (χ2v) is 7.01. The van der Waals surface area contributed by atoms with Crippen molar-refractivity contribution in [2.45, 2.75) is 45.4 Å². The zero-order valence-electron chi connectivity index (χ0n) is 12.7. The summed E-state index contributed by atoms with van der Waals surface area (Å²) in [6, 6.07) is -1.63. The molecule has 0 spiro atoms. The minimum atomic E-state index is -0.946. The van der Waals surface area contributed by atoms with E-state index in [1.165, 1.54) is 12.0 Å². The van der Waals surface area contributed by atoms with Gasteiger partial charge >= 0.3 is 5.97 Å². The Morgan fingerprint density at radius 2 is 2.00 bits per heavy atom. The molecule has 1 amide bonds. The molecule has 114 valence electrons. The molecule has 3 N–H and O–H groups in total. The molecule has 0 aromatic carbocycles. The monoisotopic (exact) mass is 284 g/mol. The van der Waals surface area contributed by atoms with E-state index in [1.807, 2.05) is 0 Å². The van der Waals surface area contributed by atoms with Gasteiger partial charge in [-0.05, 0) is 25.2 Å². The van der Waals surface area contributed by atoms with E-state index in [1.54, 1.807) is 13.8 Å². The van der Waals surface area contributed by atoms with Crippen LogP contribution in [0.4, 0.5) is 0 Å². The van der Waals surface area contributed by atoms with Gasteiger partial charge in [-0.1, -0.05) is 13.8 Å². The summed E-state index contributed by atoms with van der Waals surface area (Å²) >= 11 is 0. The number of carbonyl (C=O) groups is 2. The average molecular weight is 284 g/mol. The number of fused-ring (bicyclic) bond motifs is 1. The van der Waals surface area contributed by atoms with Crippen molar-refractivity contribution in [2.24, 2.45) is 23.0 Å². The maximum atomic E-state index is 12.5. The highest BCUT2D eigenvalue weighted by atomic mass is 16.5. The molecule has 1 aliphatic heterocycles. The minimum Gasteiger partial charge on any atom is -0.480 e. The molecule has 0 aromatic rings. The van der Waals surface area contributed by atoms with Crippen LogP contribution in [-0.4, -0.2) is 53.2 Å². The predicted molar refractivity (Wildman–Crippen MR) is 73.0 cm³/mol. The van der Waals surface area contributed by atoms with Crippen molar-refractivity contribution in [3.63, 3.8) is 0 Å². The molecule has 0 unspecified atom stereocenters. The summed E-state index contributed by atoms with van der Waals surface area (Å²) in [6.45, 7) is 8.04. The molecule has 0 aromatic heterocycles. The molecule has 2 aliphatic rings. The number of hydrogen-bond acceptors (Lipinski definition) is 4. The van der Waals surface area contributed by atoms with Crippen molar-refractivity contribution in [3.8, 4) is 0 Å². The van der Waals surface area contributed by atoms with Crippen LogP contribution in [0.5, 0.6) is 0 Å². The topological polar surface area (TPSA) is 92.9 Å². The lowest BCUT2D eigenvalue weighted by Gasteiger charge is -2.35. The number of rotatable bonds is 4. The first-order valence-electron chi connectivity index (χ1n) is 6.89. The van der Waals surface area contributed by atoms with E-state index in [9.17, 15) is 14.7 Å². The molecule has 0 bridgehead atoms. The number of carbonyl (C=O) groups excluding carboxylic acids is 1. The van der Waals surface area contributed by atoms with Gasteiger partial charge in [0.2, 0.25) is 5.91 Å². The molecule has 2 fully saturated rings. The van der Waals surface area contributed by atoms with Crippen LogP contribution in [-0.2, 0) is 14.3 Å². The number of nitrogens with two attached hydrogens (primary N) is 1. The predicted octanol–water partition coefficient (Wildman–Crippen LogP) is 0.306. The SMILES string of the molecule is COC(C)(C)[C@H](N)C(=O)N1C[C@H]2[C@@H]([C@H]1C(=O)O)C2(C)C. The van der Waals surface area contributed by atoms with Crippen molar-refractivity contribution in [1.82, 2.24) is 4.90 Å². The first-order chi connectivity index (χ1) is 9.05. The molecule has 1 aliphatic carbocycles. The van der Waals surface area contributed by atoms with Gasteiger partial charge in [0.25, 0.3) is 0 Å². The van der Waals surface area contributed by atoms with Crippen LogP contribution in [0.3, 0.4) is 0 Å². The highest BCUT2D eigenvalue weighted by Crippen LogP contribution is 2.64. The van der Waals surface area contributed by atoms with Crippen LogP contribution >= 0.6 is 0 Å². The highest BCUT2D eigenvalue weighted by Gasteiger charge is 2.69. The Labute approximate surface area is 119 Å². The second kappa shape index (κ2) is 4.43. The molecule has 4 atom stereocenters. The van der Waals surface area contributed by atoms with E-state index in [4.69, 9.17) is 10.5 Å². The lowest BCUT2D eigenvalue weighted by molar-refractivity contribution is -0.153. The molecule has 6 heteroatoms. The van der Waals surface area contributed by atoms with E-state index < -0.39 is 23.7 Å².